The molecule has 1 aliphatic heterocycles. The Morgan fingerprint density at radius 1 is 1.42 bits per heavy atom. The highest BCUT2D eigenvalue weighted by Crippen LogP contribution is 2.34. The molecule has 0 spiro atoms. The van der Waals surface area contributed by atoms with Crippen molar-refractivity contribution in [2.75, 3.05) is 0 Å². The summed E-state index contributed by atoms with van der Waals surface area (Å²) >= 11 is 7.14. The third kappa shape index (κ3) is 3.00. The molecule has 3 heterocycles. The van der Waals surface area contributed by atoms with Crippen LogP contribution in [0.5, 0.6) is 0 Å². The zero-order chi connectivity index (χ0) is 16.7. The zero-order valence-electron chi connectivity index (χ0n) is 12.3. The Balaban J connectivity index is 1.60. The molecule has 0 radical (unpaired) electrons. The van der Waals surface area contributed by atoms with Gasteiger partial charge in [-0.25, -0.2) is 15.0 Å². The number of rotatable bonds is 4. The van der Waals surface area contributed by atoms with Crippen molar-refractivity contribution in [3.05, 3.63) is 33.5 Å². The normalized spacial score (nSPS) is 18.5. The topological polar surface area (TPSA) is 106 Å². The lowest BCUT2D eigenvalue weighted by atomic mass is 10.2. The molecule has 2 aromatic heterocycles. The van der Waals surface area contributed by atoms with Gasteiger partial charge in [0.2, 0.25) is 0 Å². The van der Waals surface area contributed by atoms with Crippen molar-refractivity contribution >= 4 is 45.3 Å². The fraction of sp³-hybridized carbons (Fsp3) is 0.286. The van der Waals surface area contributed by atoms with E-state index < -0.39 is 4.92 Å². The highest BCUT2D eigenvalue weighted by molar-refractivity contribution is 7.18. The highest BCUT2D eigenvalue weighted by atomic mass is 35.5. The maximum absolute atomic E-state index is 10.8. The van der Waals surface area contributed by atoms with E-state index in [4.69, 9.17) is 11.6 Å². The third-order valence-electron chi connectivity index (χ3n) is 3.68. The van der Waals surface area contributed by atoms with Crippen molar-refractivity contribution in [3.8, 4) is 10.7 Å². The number of nitrogens with one attached hydrogen (secondary N) is 1. The second kappa shape index (κ2) is 5.91. The summed E-state index contributed by atoms with van der Waals surface area (Å²) in [6, 6.07) is 3.04. The van der Waals surface area contributed by atoms with E-state index in [1.165, 1.54) is 25.1 Å². The van der Waals surface area contributed by atoms with E-state index in [9.17, 15) is 10.1 Å². The molecule has 1 saturated carbocycles. The molecule has 122 valence electrons. The predicted molar refractivity (Wildman–Crippen MR) is 92.0 cm³/mol. The van der Waals surface area contributed by atoms with Crippen LogP contribution in [0.25, 0.3) is 10.7 Å². The Morgan fingerprint density at radius 2 is 2.25 bits per heavy atom. The van der Waals surface area contributed by atoms with Crippen molar-refractivity contribution in [3.63, 3.8) is 0 Å². The molecule has 1 fully saturated rings. The Morgan fingerprint density at radius 3 is 2.96 bits per heavy atom. The molecule has 0 atom stereocenters. The van der Waals surface area contributed by atoms with Crippen molar-refractivity contribution in [2.45, 2.75) is 19.3 Å². The van der Waals surface area contributed by atoms with E-state index in [-0.39, 0.29) is 5.00 Å². The van der Waals surface area contributed by atoms with Gasteiger partial charge in [-0.05, 0) is 24.8 Å². The van der Waals surface area contributed by atoms with E-state index >= 15 is 0 Å². The molecule has 1 N–H and O–H groups in total. The van der Waals surface area contributed by atoms with Crippen LogP contribution < -0.4 is 5.43 Å². The average molecular weight is 363 g/mol. The molecule has 0 unspecified atom stereocenters. The van der Waals surface area contributed by atoms with Gasteiger partial charge < -0.3 is 0 Å². The van der Waals surface area contributed by atoms with E-state index in [1.807, 2.05) is 0 Å². The monoisotopic (exact) mass is 362 g/mol. The number of hydrogen-bond donors (Lipinski definition) is 1. The van der Waals surface area contributed by atoms with Crippen molar-refractivity contribution in [1.82, 2.24) is 15.4 Å². The Kier molecular flexibility index (Phi) is 3.73. The standard InChI is InChI=1S/C14H11ClN6O2S/c15-8-6-16-14(10-3-4-12(24-10)21(22)23)18-13(8)17-11-5-9(19-20-11)7-1-2-7/h3-4,6-7H,1-2,5H2,(H,16,17,18,20). The molecule has 1 aliphatic carbocycles. The number of nitrogens with zero attached hydrogens (tertiary/aromatic N) is 5. The first kappa shape index (κ1) is 15.2. The van der Waals surface area contributed by atoms with Crippen LogP contribution in [0.1, 0.15) is 19.3 Å². The molecular formula is C14H11ClN6O2S. The van der Waals surface area contributed by atoms with Crippen molar-refractivity contribution in [2.24, 2.45) is 16.0 Å². The van der Waals surface area contributed by atoms with E-state index in [2.05, 4.69) is 25.5 Å². The van der Waals surface area contributed by atoms with Crippen LogP contribution >= 0.6 is 22.9 Å². The van der Waals surface area contributed by atoms with E-state index in [1.54, 1.807) is 6.07 Å². The summed E-state index contributed by atoms with van der Waals surface area (Å²) in [5, 5.41) is 15.4. The number of halogens is 1. The van der Waals surface area contributed by atoms with Crippen LogP contribution in [0, 0.1) is 16.0 Å². The SMILES string of the molecule is O=[N+]([O-])c1ccc(-c2ncc(Cl)c(N=C3CC(C4CC4)=NN3)n2)s1. The summed E-state index contributed by atoms with van der Waals surface area (Å²) in [6.45, 7) is 0. The van der Waals surface area contributed by atoms with E-state index in [0.29, 0.717) is 39.7 Å². The van der Waals surface area contributed by atoms with Gasteiger partial charge in [0.1, 0.15) is 10.9 Å². The van der Waals surface area contributed by atoms with Crippen LogP contribution in [0.15, 0.2) is 28.4 Å². The summed E-state index contributed by atoms with van der Waals surface area (Å²) in [7, 11) is 0. The van der Waals surface area contributed by atoms with Gasteiger partial charge >= 0.3 is 5.00 Å². The largest absolute Gasteiger partial charge is 0.324 e. The van der Waals surface area contributed by atoms with Crippen LogP contribution in [0.2, 0.25) is 5.02 Å². The Bertz CT molecular complexity index is 889. The van der Waals surface area contributed by atoms with Crippen molar-refractivity contribution < 1.29 is 4.92 Å². The minimum absolute atomic E-state index is 0.0383. The summed E-state index contributed by atoms with van der Waals surface area (Å²) in [4.78, 5) is 23.8. The molecule has 8 nitrogen and oxygen atoms in total. The molecule has 10 heteroatoms. The molecule has 0 aromatic carbocycles. The lowest BCUT2D eigenvalue weighted by Gasteiger charge is -2.02. The fourth-order valence-corrected chi connectivity index (χ4v) is 3.23. The van der Waals surface area contributed by atoms with Gasteiger partial charge in [-0.1, -0.05) is 22.9 Å². The predicted octanol–water partition coefficient (Wildman–Crippen LogP) is 3.56. The van der Waals surface area contributed by atoms with Crippen molar-refractivity contribution in [1.29, 1.82) is 0 Å². The number of hydrogen-bond acceptors (Lipinski definition) is 7. The van der Waals surface area contributed by atoms with Gasteiger partial charge in [0, 0.05) is 18.2 Å². The first-order valence-electron chi connectivity index (χ1n) is 7.27. The highest BCUT2D eigenvalue weighted by Gasteiger charge is 2.31. The van der Waals surface area contributed by atoms with E-state index in [0.717, 1.165) is 17.0 Å². The molecule has 0 bridgehead atoms. The number of amidine groups is 1. The molecule has 0 amide bonds. The lowest BCUT2D eigenvalue weighted by Crippen LogP contribution is -2.10. The van der Waals surface area contributed by atoms with Gasteiger partial charge in [-0.15, -0.1) is 0 Å². The second-order valence-corrected chi connectivity index (χ2v) is 6.95. The molecule has 0 saturated heterocycles. The number of aliphatic imine (C=N–C) groups is 1. The minimum Gasteiger partial charge on any atom is -0.265 e. The third-order valence-corrected chi connectivity index (χ3v) is 4.98. The van der Waals surface area contributed by atoms with Gasteiger partial charge in [-0.3, -0.25) is 15.5 Å². The molecular weight excluding hydrogens is 352 g/mol. The number of hydrazone groups is 1. The van der Waals surface area contributed by atoms with Crippen LogP contribution in [0.3, 0.4) is 0 Å². The molecule has 4 rings (SSSR count). The molecule has 2 aliphatic rings. The zero-order valence-corrected chi connectivity index (χ0v) is 13.8. The quantitative estimate of drug-likeness (QED) is 0.661. The average Bonchev–Trinajstić information content (AvgIpc) is 3.10. The maximum Gasteiger partial charge on any atom is 0.324 e. The van der Waals surface area contributed by atoms with Gasteiger partial charge in [-0.2, -0.15) is 5.10 Å². The smallest absolute Gasteiger partial charge is 0.265 e. The van der Waals surface area contributed by atoms with Gasteiger partial charge in [0.15, 0.2) is 11.6 Å². The first-order valence-corrected chi connectivity index (χ1v) is 8.47. The molecule has 24 heavy (non-hydrogen) atoms. The van der Waals surface area contributed by atoms with Gasteiger partial charge in [0.25, 0.3) is 0 Å². The Labute approximate surface area is 145 Å². The summed E-state index contributed by atoms with van der Waals surface area (Å²) in [6.07, 6.45) is 4.49. The lowest BCUT2D eigenvalue weighted by molar-refractivity contribution is -0.380. The molecule has 2 aromatic rings. The maximum atomic E-state index is 10.8. The Hall–Kier alpha value is -2.39. The van der Waals surface area contributed by atoms with Crippen LogP contribution in [0.4, 0.5) is 10.8 Å². The van der Waals surface area contributed by atoms with Crippen LogP contribution in [-0.4, -0.2) is 26.4 Å². The summed E-state index contributed by atoms with van der Waals surface area (Å²) in [5.41, 5.74) is 4.03. The number of aromatic nitrogens is 2. The summed E-state index contributed by atoms with van der Waals surface area (Å²) < 4.78 is 0. The van der Waals surface area contributed by atoms with Crippen LogP contribution in [-0.2, 0) is 0 Å². The number of thiophene rings is 1. The minimum atomic E-state index is -0.440. The second-order valence-electron chi connectivity index (χ2n) is 5.48. The number of nitro groups is 1. The summed E-state index contributed by atoms with van der Waals surface area (Å²) in [5.74, 6) is 1.96. The van der Waals surface area contributed by atoms with Gasteiger partial charge in [0.05, 0.1) is 16.0 Å². The fourth-order valence-electron chi connectivity index (χ4n) is 2.33. The first-order chi connectivity index (χ1) is 11.6.